The van der Waals surface area contributed by atoms with Gasteiger partial charge in [-0.25, -0.2) is 0 Å². The zero-order valence-electron chi connectivity index (χ0n) is 25.9. The van der Waals surface area contributed by atoms with Crippen molar-refractivity contribution >= 4 is 54.1 Å². The lowest BCUT2D eigenvalue weighted by molar-refractivity contribution is 0.660. The van der Waals surface area contributed by atoms with Crippen molar-refractivity contribution in [1.82, 2.24) is 4.57 Å². The van der Waals surface area contributed by atoms with E-state index in [4.69, 9.17) is 0 Å². The first kappa shape index (κ1) is 25.6. The number of hydrogen-bond donors (Lipinski definition) is 0. The lowest BCUT2D eigenvalue weighted by atomic mass is 9.81. The number of fused-ring (bicyclic) bond motifs is 13. The van der Waals surface area contributed by atoms with Gasteiger partial charge >= 0.3 is 0 Å². The van der Waals surface area contributed by atoms with Crippen LogP contribution in [0.25, 0.3) is 82.1 Å². The Hall–Kier alpha value is -5.66. The summed E-state index contributed by atoms with van der Waals surface area (Å²) < 4.78 is 2.47. The molecule has 1 heterocycles. The van der Waals surface area contributed by atoms with Crippen molar-refractivity contribution in [2.75, 3.05) is 0 Å². The fraction of sp³-hybridized carbons (Fsp3) is 0.0667. The van der Waals surface area contributed by atoms with E-state index in [0.29, 0.717) is 0 Å². The maximum atomic E-state index is 2.50. The highest BCUT2D eigenvalue weighted by Gasteiger charge is 2.36. The minimum absolute atomic E-state index is 0.0489. The van der Waals surface area contributed by atoms with Gasteiger partial charge in [0.1, 0.15) is 0 Å². The van der Waals surface area contributed by atoms with Crippen LogP contribution in [-0.4, -0.2) is 4.57 Å². The van der Waals surface area contributed by atoms with Gasteiger partial charge in [0, 0.05) is 32.6 Å². The molecule has 0 bridgehead atoms. The van der Waals surface area contributed by atoms with Gasteiger partial charge in [0.2, 0.25) is 0 Å². The molecule has 1 nitrogen and oxygen atoms in total. The number of nitrogens with zero attached hydrogens (tertiary/aromatic N) is 1. The van der Waals surface area contributed by atoms with Crippen molar-refractivity contribution in [3.63, 3.8) is 0 Å². The van der Waals surface area contributed by atoms with Crippen molar-refractivity contribution in [3.8, 4) is 27.9 Å². The van der Waals surface area contributed by atoms with E-state index < -0.39 is 0 Å². The molecule has 216 valence electrons. The summed E-state index contributed by atoms with van der Waals surface area (Å²) in [6.45, 7) is 4.74. The molecular formula is C45H31N. The molecule has 9 aromatic rings. The van der Waals surface area contributed by atoms with Gasteiger partial charge in [0.25, 0.3) is 0 Å². The molecule has 0 amide bonds. The van der Waals surface area contributed by atoms with Gasteiger partial charge in [-0.1, -0.05) is 141 Å². The zero-order valence-corrected chi connectivity index (χ0v) is 25.9. The number of aromatic nitrogens is 1. The number of hydrogen-bond acceptors (Lipinski definition) is 0. The lowest BCUT2D eigenvalue weighted by Crippen LogP contribution is -2.14. The van der Waals surface area contributed by atoms with Gasteiger partial charge in [-0.3, -0.25) is 0 Å². The summed E-state index contributed by atoms with van der Waals surface area (Å²) in [5.41, 5.74) is 11.8. The molecule has 1 aliphatic rings. The van der Waals surface area contributed by atoms with Crippen LogP contribution in [-0.2, 0) is 5.41 Å². The Labute approximate surface area is 268 Å². The molecule has 0 atom stereocenters. The molecule has 0 spiro atoms. The molecule has 0 radical (unpaired) electrons. The van der Waals surface area contributed by atoms with E-state index in [9.17, 15) is 0 Å². The van der Waals surface area contributed by atoms with Gasteiger partial charge in [0.05, 0.1) is 11.0 Å². The van der Waals surface area contributed by atoms with Crippen LogP contribution < -0.4 is 0 Å². The largest absolute Gasteiger partial charge is 0.309 e. The Morgan fingerprint density at radius 2 is 1.02 bits per heavy atom. The topological polar surface area (TPSA) is 4.93 Å². The molecule has 0 fully saturated rings. The molecule has 0 aliphatic heterocycles. The molecule has 10 rings (SSSR count). The second-order valence-corrected chi connectivity index (χ2v) is 13.2. The highest BCUT2D eigenvalue weighted by atomic mass is 15.0. The first-order valence-corrected chi connectivity index (χ1v) is 16.2. The molecule has 1 aromatic heterocycles. The van der Waals surface area contributed by atoms with Crippen molar-refractivity contribution in [2.45, 2.75) is 19.3 Å². The maximum absolute atomic E-state index is 2.50. The van der Waals surface area contributed by atoms with Crippen molar-refractivity contribution in [1.29, 1.82) is 0 Å². The van der Waals surface area contributed by atoms with E-state index in [1.54, 1.807) is 0 Å². The quantitative estimate of drug-likeness (QED) is 0.178. The standard InChI is InChI=1S/C45H31N/c1-45(2)38-24-12-10-21-34(38)41-32(23-14-25-39(41)45)36-27-37-30-18-7-9-20-33(30)44-43(42(37)31-19-8-6-17-29(31)36)35-22-11-13-26-40(35)46(44)28-15-4-3-5-16-28/h3-27H,1-2H3. The summed E-state index contributed by atoms with van der Waals surface area (Å²) in [6.07, 6.45) is 0. The number of benzene rings is 8. The third kappa shape index (κ3) is 3.25. The first-order chi connectivity index (χ1) is 22.6. The smallest absolute Gasteiger partial charge is 0.0626 e. The molecule has 46 heavy (non-hydrogen) atoms. The molecule has 0 saturated heterocycles. The van der Waals surface area contributed by atoms with Crippen molar-refractivity contribution in [3.05, 3.63) is 163 Å². The summed E-state index contributed by atoms with van der Waals surface area (Å²) in [4.78, 5) is 0. The Morgan fingerprint density at radius 3 is 1.85 bits per heavy atom. The summed E-state index contributed by atoms with van der Waals surface area (Å²) in [7, 11) is 0. The van der Waals surface area contributed by atoms with E-state index in [1.165, 1.54) is 93.2 Å². The van der Waals surface area contributed by atoms with Gasteiger partial charge in [-0.2, -0.15) is 0 Å². The Balaban J connectivity index is 1.43. The van der Waals surface area contributed by atoms with E-state index in [0.717, 1.165) is 0 Å². The predicted molar refractivity (Wildman–Crippen MR) is 196 cm³/mol. The zero-order chi connectivity index (χ0) is 30.6. The Bertz CT molecular complexity index is 2710. The van der Waals surface area contributed by atoms with E-state index in [1.807, 2.05) is 0 Å². The molecule has 0 unspecified atom stereocenters. The van der Waals surface area contributed by atoms with Crippen LogP contribution in [0.5, 0.6) is 0 Å². The lowest BCUT2D eigenvalue weighted by Gasteiger charge is -2.22. The minimum Gasteiger partial charge on any atom is -0.309 e. The van der Waals surface area contributed by atoms with Crippen LogP contribution in [0, 0.1) is 0 Å². The van der Waals surface area contributed by atoms with Crippen LogP contribution in [0.2, 0.25) is 0 Å². The summed E-state index contributed by atoms with van der Waals surface area (Å²) >= 11 is 0. The van der Waals surface area contributed by atoms with Gasteiger partial charge in [-0.05, 0) is 79.2 Å². The average Bonchev–Trinajstić information content (AvgIpc) is 3.58. The molecular weight excluding hydrogens is 555 g/mol. The average molecular weight is 586 g/mol. The highest BCUT2D eigenvalue weighted by Crippen LogP contribution is 2.54. The monoisotopic (exact) mass is 585 g/mol. The minimum atomic E-state index is -0.0489. The SMILES string of the molecule is CC1(C)c2ccccc2-c2c(-c3cc4c5ccccc5c5c(c6ccccc6n5-c5ccccc5)c4c4ccccc34)cccc21. The van der Waals surface area contributed by atoms with Gasteiger partial charge in [0.15, 0.2) is 0 Å². The van der Waals surface area contributed by atoms with E-state index in [-0.39, 0.29) is 5.41 Å². The number of para-hydroxylation sites is 2. The van der Waals surface area contributed by atoms with Crippen LogP contribution in [0.3, 0.4) is 0 Å². The fourth-order valence-electron chi connectivity index (χ4n) is 8.58. The third-order valence-corrected chi connectivity index (χ3v) is 10.6. The predicted octanol–water partition coefficient (Wildman–Crippen LogP) is 12.2. The summed E-state index contributed by atoms with van der Waals surface area (Å²) in [5, 5.41) is 10.4. The van der Waals surface area contributed by atoms with Crippen molar-refractivity contribution in [2.24, 2.45) is 0 Å². The molecule has 1 aliphatic carbocycles. The fourth-order valence-corrected chi connectivity index (χ4v) is 8.58. The van der Waals surface area contributed by atoms with E-state index >= 15 is 0 Å². The molecule has 0 saturated carbocycles. The second kappa shape index (κ2) is 9.19. The Kier molecular flexibility index (Phi) is 5.12. The van der Waals surface area contributed by atoms with Crippen LogP contribution in [0.15, 0.2) is 152 Å². The normalized spacial score (nSPS) is 13.6. The Morgan fingerprint density at radius 1 is 0.413 bits per heavy atom. The van der Waals surface area contributed by atoms with Gasteiger partial charge in [-0.15, -0.1) is 0 Å². The third-order valence-electron chi connectivity index (χ3n) is 10.6. The summed E-state index contributed by atoms with van der Waals surface area (Å²) in [6, 6.07) is 56.2. The van der Waals surface area contributed by atoms with Crippen LogP contribution in [0.4, 0.5) is 0 Å². The van der Waals surface area contributed by atoms with Crippen LogP contribution >= 0.6 is 0 Å². The highest BCUT2D eigenvalue weighted by molar-refractivity contribution is 6.38. The first-order valence-electron chi connectivity index (χ1n) is 16.2. The summed E-state index contributed by atoms with van der Waals surface area (Å²) in [5.74, 6) is 0. The molecule has 0 N–H and O–H groups in total. The van der Waals surface area contributed by atoms with Gasteiger partial charge < -0.3 is 4.57 Å². The number of rotatable bonds is 2. The molecule has 1 heteroatoms. The van der Waals surface area contributed by atoms with Crippen LogP contribution in [0.1, 0.15) is 25.0 Å². The van der Waals surface area contributed by atoms with E-state index in [2.05, 4.69) is 170 Å². The maximum Gasteiger partial charge on any atom is 0.0626 e. The second-order valence-electron chi connectivity index (χ2n) is 13.2. The van der Waals surface area contributed by atoms with Crippen molar-refractivity contribution < 1.29 is 0 Å². The molecule has 8 aromatic carbocycles.